The number of ether oxygens (including phenoxy) is 1. The van der Waals surface area contributed by atoms with Crippen molar-refractivity contribution in [1.82, 2.24) is 14.0 Å². The van der Waals surface area contributed by atoms with Crippen LogP contribution in [0.3, 0.4) is 0 Å². The molecule has 0 spiro atoms. The summed E-state index contributed by atoms with van der Waals surface area (Å²) in [6, 6.07) is 4.43. The van der Waals surface area contributed by atoms with E-state index in [0.29, 0.717) is 29.7 Å². The van der Waals surface area contributed by atoms with Crippen molar-refractivity contribution in [1.29, 1.82) is 0 Å². The van der Waals surface area contributed by atoms with E-state index < -0.39 is 23.7 Å². The lowest BCUT2D eigenvalue weighted by molar-refractivity contribution is 0.102. The fraction of sp³-hybridized carbons (Fsp3) is 0.500. The molecular formula is C26H31FN4O4. The van der Waals surface area contributed by atoms with E-state index in [1.807, 2.05) is 24.4 Å². The highest BCUT2D eigenvalue weighted by atomic mass is 19.1. The van der Waals surface area contributed by atoms with E-state index in [0.717, 1.165) is 31.4 Å². The van der Waals surface area contributed by atoms with Crippen molar-refractivity contribution in [2.75, 3.05) is 11.9 Å². The number of carbonyl (C=O) groups excluding carboxylic acids is 1. The van der Waals surface area contributed by atoms with E-state index in [2.05, 4.69) is 5.32 Å². The number of halogens is 1. The number of aliphatic hydroxyl groups is 1. The fourth-order valence-electron chi connectivity index (χ4n) is 4.89. The Morgan fingerprint density at radius 3 is 2.69 bits per heavy atom. The molecule has 3 aromatic rings. The number of carbonyl (C=O) groups is 1. The maximum atomic E-state index is 13.5. The van der Waals surface area contributed by atoms with Crippen molar-refractivity contribution in [3.05, 3.63) is 58.4 Å². The van der Waals surface area contributed by atoms with Crippen LogP contribution in [0.15, 0.2) is 41.6 Å². The highest BCUT2D eigenvalue weighted by molar-refractivity contribution is 6.06. The number of pyridine rings is 2. The molecule has 5 rings (SSSR count). The van der Waals surface area contributed by atoms with Crippen LogP contribution < -0.4 is 15.6 Å². The maximum absolute atomic E-state index is 13.5. The van der Waals surface area contributed by atoms with Crippen LogP contribution in [-0.4, -0.2) is 43.8 Å². The maximum Gasteiger partial charge on any atom is 0.274 e. The second-order valence-electron chi connectivity index (χ2n) is 9.96. The first-order chi connectivity index (χ1) is 16.8. The lowest BCUT2D eigenvalue weighted by Gasteiger charge is -2.25. The van der Waals surface area contributed by atoms with Crippen molar-refractivity contribution in [2.24, 2.45) is 5.92 Å². The molecule has 0 unspecified atom stereocenters. The molecule has 0 aliphatic heterocycles. The number of imidazole rings is 1. The number of amides is 1. The van der Waals surface area contributed by atoms with Gasteiger partial charge in [-0.15, -0.1) is 0 Å². The Balaban J connectivity index is 1.44. The molecular weight excluding hydrogens is 451 g/mol. The Kier molecular flexibility index (Phi) is 6.35. The SMILES string of the molecule is CC(C)Oc1cc2nc(C3CCC(CO)CC3)cn2cc1C(=O)Nc1cccn([C@H]2C[C@H]2F)c1=O. The zero-order valence-corrected chi connectivity index (χ0v) is 20.0. The first-order valence-electron chi connectivity index (χ1n) is 12.3. The minimum atomic E-state index is -1.03. The van der Waals surface area contributed by atoms with E-state index in [4.69, 9.17) is 9.72 Å². The van der Waals surface area contributed by atoms with Gasteiger partial charge in [-0.3, -0.25) is 9.59 Å². The van der Waals surface area contributed by atoms with Crippen molar-refractivity contribution in [3.63, 3.8) is 0 Å². The van der Waals surface area contributed by atoms with Gasteiger partial charge in [0.05, 0.1) is 23.4 Å². The smallest absolute Gasteiger partial charge is 0.274 e. The molecule has 8 nitrogen and oxygen atoms in total. The molecule has 2 aliphatic rings. The minimum absolute atomic E-state index is 0.0964. The van der Waals surface area contributed by atoms with E-state index >= 15 is 0 Å². The van der Waals surface area contributed by atoms with E-state index in [-0.39, 0.29) is 24.0 Å². The molecule has 1 amide bonds. The van der Waals surface area contributed by atoms with Gasteiger partial charge in [-0.05, 0) is 57.6 Å². The summed E-state index contributed by atoms with van der Waals surface area (Å²) in [5, 5.41) is 12.1. The molecule has 2 atom stereocenters. The number of anilines is 1. The van der Waals surface area contributed by atoms with Gasteiger partial charge in [0.15, 0.2) is 0 Å². The number of aliphatic hydroxyl groups excluding tert-OH is 1. The number of nitrogens with zero attached hydrogens (tertiary/aromatic N) is 3. The van der Waals surface area contributed by atoms with Gasteiger partial charge in [-0.2, -0.15) is 0 Å². The summed E-state index contributed by atoms with van der Waals surface area (Å²) in [5.74, 6) is 0.578. The molecule has 3 aromatic heterocycles. The van der Waals surface area contributed by atoms with E-state index in [1.54, 1.807) is 24.5 Å². The van der Waals surface area contributed by atoms with Crippen molar-refractivity contribution < 1.29 is 19.0 Å². The van der Waals surface area contributed by atoms with Crippen LogP contribution in [0.2, 0.25) is 0 Å². The van der Waals surface area contributed by atoms with Crippen molar-refractivity contribution in [2.45, 2.75) is 70.2 Å². The van der Waals surface area contributed by atoms with Gasteiger partial charge >= 0.3 is 0 Å². The lowest BCUT2D eigenvalue weighted by atomic mass is 9.81. The molecule has 35 heavy (non-hydrogen) atoms. The lowest BCUT2D eigenvalue weighted by Crippen LogP contribution is -2.26. The minimum Gasteiger partial charge on any atom is -0.490 e. The summed E-state index contributed by atoms with van der Waals surface area (Å²) in [6.07, 6.45) is 8.17. The largest absolute Gasteiger partial charge is 0.490 e. The second-order valence-corrected chi connectivity index (χ2v) is 9.96. The molecule has 2 saturated carbocycles. The highest BCUT2D eigenvalue weighted by Crippen LogP contribution is 2.38. The number of fused-ring (bicyclic) bond motifs is 1. The number of aromatic nitrogens is 3. The molecule has 3 heterocycles. The van der Waals surface area contributed by atoms with Crippen LogP contribution in [0.1, 0.15) is 74.0 Å². The van der Waals surface area contributed by atoms with E-state index in [9.17, 15) is 19.1 Å². The first kappa shape index (κ1) is 23.5. The van der Waals surface area contributed by atoms with Crippen molar-refractivity contribution in [3.8, 4) is 5.75 Å². The topological polar surface area (TPSA) is 97.9 Å². The van der Waals surface area contributed by atoms with Crippen LogP contribution in [0.25, 0.3) is 5.65 Å². The number of nitrogens with one attached hydrogen (secondary N) is 1. The monoisotopic (exact) mass is 482 g/mol. The number of hydrogen-bond donors (Lipinski definition) is 2. The van der Waals surface area contributed by atoms with Crippen LogP contribution in [0.5, 0.6) is 5.75 Å². The summed E-state index contributed by atoms with van der Waals surface area (Å²) in [5.41, 5.74) is 1.59. The second kappa shape index (κ2) is 9.45. The Bertz CT molecular complexity index is 1290. The van der Waals surface area contributed by atoms with Gasteiger partial charge in [0.25, 0.3) is 11.5 Å². The predicted octanol–water partition coefficient (Wildman–Crippen LogP) is 4.08. The third kappa shape index (κ3) is 4.82. The number of rotatable bonds is 7. The van der Waals surface area contributed by atoms with Gasteiger partial charge < -0.3 is 24.1 Å². The molecule has 0 aromatic carbocycles. The van der Waals surface area contributed by atoms with Crippen LogP contribution >= 0.6 is 0 Å². The number of alkyl halides is 1. The highest BCUT2D eigenvalue weighted by Gasteiger charge is 2.40. The van der Waals surface area contributed by atoms with Crippen LogP contribution in [0, 0.1) is 5.92 Å². The molecule has 0 saturated heterocycles. The van der Waals surface area contributed by atoms with Crippen LogP contribution in [0.4, 0.5) is 10.1 Å². The molecule has 2 N–H and O–H groups in total. The Labute approximate surface area is 202 Å². The Hall–Kier alpha value is -3.20. The van der Waals surface area contributed by atoms with E-state index in [1.165, 1.54) is 10.6 Å². The zero-order valence-electron chi connectivity index (χ0n) is 20.0. The summed E-state index contributed by atoms with van der Waals surface area (Å²) in [4.78, 5) is 30.9. The zero-order chi connectivity index (χ0) is 24.7. The third-order valence-electron chi connectivity index (χ3n) is 6.96. The summed E-state index contributed by atoms with van der Waals surface area (Å²) >= 11 is 0. The van der Waals surface area contributed by atoms with Gasteiger partial charge in [-0.25, -0.2) is 9.37 Å². The summed E-state index contributed by atoms with van der Waals surface area (Å²) in [7, 11) is 0. The average molecular weight is 483 g/mol. The molecule has 0 bridgehead atoms. The quantitative estimate of drug-likeness (QED) is 0.529. The molecule has 0 radical (unpaired) electrons. The first-order valence-corrected chi connectivity index (χ1v) is 12.3. The third-order valence-corrected chi connectivity index (χ3v) is 6.96. The molecule has 9 heteroatoms. The summed E-state index contributed by atoms with van der Waals surface area (Å²) in [6.45, 7) is 3.98. The Morgan fingerprint density at radius 2 is 2.03 bits per heavy atom. The van der Waals surface area contributed by atoms with Crippen molar-refractivity contribution >= 4 is 17.2 Å². The predicted molar refractivity (Wildman–Crippen MR) is 130 cm³/mol. The van der Waals surface area contributed by atoms with Crippen LogP contribution in [-0.2, 0) is 0 Å². The normalized spacial score (nSPS) is 24.0. The fourth-order valence-corrected chi connectivity index (χ4v) is 4.89. The standard InChI is InChI=1S/C26H31FN4O4/c1-15(2)35-23-11-24-28-21(17-7-5-16(14-32)6-8-17)13-30(24)12-18(23)25(33)29-20-4-3-9-31(26(20)34)22-10-19(22)27/h3-4,9,11-13,15-17,19,22,32H,5-8,10,14H2,1-2H3,(H,29,33)/t16?,17?,19-,22+/m1/s1. The molecule has 186 valence electrons. The average Bonchev–Trinajstić information content (AvgIpc) is 3.41. The number of hydrogen-bond acceptors (Lipinski definition) is 5. The van der Waals surface area contributed by atoms with Gasteiger partial charge in [0.2, 0.25) is 0 Å². The molecule has 2 aliphatic carbocycles. The molecule has 2 fully saturated rings. The van der Waals surface area contributed by atoms with Gasteiger partial charge in [-0.1, -0.05) is 0 Å². The van der Waals surface area contributed by atoms with Gasteiger partial charge in [0, 0.05) is 43.6 Å². The Morgan fingerprint density at radius 1 is 1.29 bits per heavy atom. The van der Waals surface area contributed by atoms with Gasteiger partial charge in [0.1, 0.15) is 23.3 Å². The summed E-state index contributed by atoms with van der Waals surface area (Å²) < 4.78 is 22.6.